The highest BCUT2D eigenvalue weighted by atomic mass is 32.2. The molecule has 0 radical (unpaired) electrons. The van der Waals surface area contributed by atoms with Crippen molar-refractivity contribution in [1.29, 1.82) is 0 Å². The van der Waals surface area contributed by atoms with E-state index in [-0.39, 0.29) is 18.4 Å². The number of sulfone groups is 1. The van der Waals surface area contributed by atoms with E-state index >= 15 is 0 Å². The number of aliphatic hydroxyl groups excluding tert-OH is 1. The van der Waals surface area contributed by atoms with Gasteiger partial charge in [0.2, 0.25) is 0 Å². The molecule has 0 spiro atoms. The fraction of sp³-hybridized carbons (Fsp3) is 1.00. The first-order chi connectivity index (χ1) is 7.78. The number of rotatable bonds is 4. The van der Waals surface area contributed by atoms with Crippen molar-refractivity contribution in [2.45, 2.75) is 31.6 Å². The summed E-state index contributed by atoms with van der Waals surface area (Å²) in [4.78, 5) is 1.99. The van der Waals surface area contributed by atoms with Crippen LogP contribution in [0.15, 0.2) is 0 Å². The number of morpholine rings is 1. The van der Waals surface area contributed by atoms with Gasteiger partial charge in [0.15, 0.2) is 9.84 Å². The lowest BCUT2D eigenvalue weighted by molar-refractivity contribution is -0.0245. The molecule has 1 atom stereocenters. The fourth-order valence-electron chi connectivity index (χ4n) is 1.70. The Labute approximate surface area is 104 Å². The molecule has 0 aromatic rings. The van der Waals surface area contributed by atoms with Crippen LogP contribution in [0.2, 0.25) is 0 Å². The van der Waals surface area contributed by atoms with Crippen LogP contribution in [-0.4, -0.2) is 67.9 Å². The quantitative estimate of drug-likeness (QED) is 0.768. The highest BCUT2D eigenvalue weighted by Crippen LogP contribution is 2.17. The molecule has 6 heteroatoms. The number of nitrogens with zero attached hydrogens (tertiary/aromatic N) is 1. The second-order valence-corrected chi connectivity index (χ2v) is 8.24. The van der Waals surface area contributed by atoms with E-state index in [1.165, 1.54) is 0 Å². The summed E-state index contributed by atoms with van der Waals surface area (Å²) in [6.07, 6.45) is 0. The van der Waals surface area contributed by atoms with Crippen LogP contribution in [0.3, 0.4) is 0 Å². The van der Waals surface area contributed by atoms with Crippen LogP contribution in [0.25, 0.3) is 0 Å². The minimum absolute atomic E-state index is 0.00949. The second kappa shape index (κ2) is 5.65. The van der Waals surface area contributed by atoms with E-state index in [1.807, 2.05) is 4.90 Å². The maximum absolute atomic E-state index is 12.0. The lowest BCUT2D eigenvalue weighted by atomic mass is 10.2. The minimum atomic E-state index is -3.09. The molecule has 0 aromatic heterocycles. The highest BCUT2D eigenvalue weighted by molar-refractivity contribution is 7.92. The molecule has 1 saturated heterocycles. The SMILES string of the molecule is CC(C)(C)S(=O)(=O)CCN1CCOCC1CO. The van der Waals surface area contributed by atoms with Crippen molar-refractivity contribution in [2.75, 3.05) is 38.7 Å². The first kappa shape index (κ1) is 14.9. The minimum Gasteiger partial charge on any atom is -0.395 e. The van der Waals surface area contributed by atoms with Gasteiger partial charge in [-0.1, -0.05) is 0 Å². The van der Waals surface area contributed by atoms with Crippen LogP contribution in [-0.2, 0) is 14.6 Å². The van der Waals surface area contributed by atoms with Crippen LogP contribution in [0.5, 0.6) is 0 Å². The number of hydrogen-bond acceptors (Lipinski definition) is 5. The summed E-state index contributed by atoms with van der Waals surface area (Å²) in [6, 6.07) is -0.0704. The van der Waals surface area contributed by atoms with Crippen LogP contribution < -0.4 is 0 Å². The third-order valence-corrected chi connectivity index (χ3v) is 5.73. The Hall–Kier alpha value is -0.170. The van der Waals surface area contributed by atoms with Crippen molar-refractivity contribution in [1.82, 2.24) is 4.90 Å². The van der Waals surface area contributed by atoms with E-state index in [4.69, 9.17) is 4.74 Å². The van der Waals surface area contributed by atoms with Crippen molar-refractivity contribution in [3.63, 3.8) is 0 Å². The molecular formula is C11H23NO4S. The van der Waals surface area contributed by atoms with E-state index in [0.29, 0.717) is 26.3 Å². The summed E-state index contributed by atoms with van der Waals surface area (Å²) in [5.41, 5.74) is 0. The Morgan fingerprint density at radius 1 is 1.41 bits per heavy atom. The van der Waals surface area contributed by atoms with Gasteiger partial charge in [0.25, 0.3) is 0 Å². The van der Waals surface area contributed by atoms with Crippen molar-refractivity contribution in [3.05, 3.63) is 0 Å². The van der Waals surface area contributed by atoms with Crippen LogP contribution in [0, 0.1) is 0 Å². The molecule has 5 nitrogen and oxygen atoms in total. The van der Waals surface area contributed by atoms with Gasteiger partial charge in [-0.2, -0.15) is 0 Å². The third-order valence-electron chi connectivity index (χ3n) is 3.14. The van der Waals surface area contributed by atoms with Gasteiger partial charge < -0.3 is 9.84 Å². The molecule has 1 aliphatic rings. The molecule has 1 N–H and O–H groups in total. The molecular weight excluding hydrogens is 242 g/mol. The van der Waals surface area contributed by atoms with Crippen molar-refractivity contribution >= 4 is 9.84 Å². The monoisotopic (exact) mass is 265 g/mol. The predicted molar refractivity (Wildman–Crippen MR) is 66.8 cm³/mol. The van der Waals surface area contributed by atoms with E-state index in [0.717, 1.165) is 0 Å². The van der Waals surface area contributed by atoms with Crippen LogP contribution >= 0.6 is 0 Å². The van der Waals surface area contributed by atoms with Gasteiger partial charge in [-0.3, -0.25) is 4.90 Å². The Bertz CT molecular complexity index is 334. The van der Waals surface area contributed by atoms with Crippen LogP contribution in [0.4, 0.5) is 0 Å². The Kier molecular flexibility index (Phi) is 4.95. The molecule has 1 rings (SSSR count). The highest BCUT2D eigenvalue weighted by Gasteiger charge is 2.30. The zero-order valence-corrected chi connectivity index (χ0v) is 11.7. The molecule has 102 valence electrons. The van der Waals surface area contributed by atoms with E-state index in [1.54, 1.807) is 20.8 Å². The molecule has 0 amide bonds. The number of hydrogen-bond donors (Lipinski definition) is 1. The largest absolute Gasteiger partial charge is 0.395 e. The van der Waals surface area contributed by atoms with E-state index < -0.39 is 14.6 Å². The van der Waals surface area contributed by atoms with Gasteiger partial charge in [-0.05, 0) is 20.8 Å². The summed E-state index contributed by atoms with van der Waals surface area (Å²) >= 11 is 0. The fourth-order valence-corrected chi connectivity index (χ4v) is 2.78. The summed E-state index contributed by atoms with van der Waals surface area (Å²) in [6.45, 7) is 7.38. The number of ether oxygens (including phenoxy) is 1. The molecule has 1 heterocycles. The summed E-state index contributed by atoms with van der Waals surface area (Å²) in [7, 11) is -3.09. The van der Waals surface area contributed by atoms with Gasteiger partial charge in [-0.25, -0.2) is 8.42 Å². The lowest BCUT2D eigenvalue weighted by Gasteiger charge is -2.34. The molecule has 1 fully saturated rings. The summed E-state index contributed by atoms with van der Waals surface area (Å²) < 4.78 is 28.5. The zero-order chi connectivity index (χ0) is 13.1. The summed E-state index contributed by atoms with van der Waals surface area (Å²) in [5, 5.41) is 9.18. The standard InChI is InChI=1S/C11H23NO4S/c1-11(2,3)17(14,15)7-5-12-4-6-16-9-10(12)8-13/h10,13H,4-9H2,1-3H3. The number of aliphatic hydroxyl groups is 1. The van der Waals surface area contributed by atoms with E-state index in [9.17, 15) is 13.5 Å². The molecule has 0 aromatic carbocycles. The zero-order valence-electron chi connectivity index (χ0n) is 10.8. The Morgan fingerprint density at radius 2 is 2.06 bits per heavy atom. The van der Waals surface area contributed by atoms with Gasteiger partial charge in [-0.15, -0.1) is 0 Å². The Balaban J connectivity index is 2.55. The van der Waals surface area contributed by atoms with E-state index in [2.05, 4.69) is 0 Å². The van der Waals surface area contributed by atoms with Gasteiger partial charge in [0, 0.05) is 13.1 Å². The molecule has 0 bridgehead atoms. The average molecular weight is 265 g/mol. The molecule has 1 unspecified atom stereocenters. The smallest absolute Gasteiger partial charge is 0.156 e. The molecule has 0 aliphatic carbocycles. The van der Waals surface area contributed by atoms with Crippen molar-refractivity contribution in [2.24, 2.45) is 0 Å². The molecule has 0 saturated carbocycles. The van der Waals surface area contributed by atoms with Gasteiger partial charge in [0.05, 0.1) is 36.4 Å². The van der Waals surface area contributed by atoms with Crippen molar-refractivity contribution in [3.8, 4) is 0 Å². The third kappa shape index (κ3) is 3.91. The first-order valence-corrected chi connectivity index (χ1v) is 7.58. The maximum Gasteiger partial charge on any atom is 0.156 e. The van der Waals surface area contributed by atoms with Crippen LogP contribution in [0.1, 0.15) is 20.8 Å². The topological polar surface area (TPSA) is 66.8 Å². The van der Waals surface area contributed by atoms with Gasteiger partial charge >= 0.3 is 0 Å². The van der Waals surface area contributed by atoms with Gasteiger partial charge in [0.1, 0.15) is 0 Å². The van der Waals surface area contributed by atoms with Crippen molar-refractivity contribution < 1.29 is 18.3 Å². The Morgan fingerprint density at radius 3 is 2.59 bits per heavy atom. The first-order valence-electron chi connectivity index (χ1n) is 5.93. The maximum atomic E-state index is 12.0. The predicted octanol–water partition coefficient (Wildman–Crippen LogP) is -0.107. The molecule has 17 heavy (non-hydrogen) atoms. The molecule has 1 aliphatic heterocycles. The second-order valence-electron chi connectivity index (χ2n) is 5.38. The summed E-state index contributed by atoms with van der Waals surface area (Å²) in [5.74, 6) is 0.132. The average Bonchev–Trinajstić information content (AvgIpc) is 2.25. The normalized spacial score (nSPS) is 23.9. The lowest BCUT2D eigenvalue weighted by Crippen LogP contribution is -2.49.